The Labute approximate surface area is 352 Å². The molecular formula is C52H86NO4+. The molecule has 5 heteroatoms. The van der Waals surface area contributed by atoms with Gasteiger partial charge in [-0.2, -0.15) is 0 Å². The van der Waals surface area contributed by atoms with E-state index >= 15 is 0 Å². The van der Waals surface area contributed by atoms with Crippen molar-refractivity contribution < 1.29 is 24.1 Å². The van der Waals surface area contributed by atoms with E-state index in [2.05, 4.69) is 105 Å². The summed E-state index contributed by atoms with van der Waals surface area (Å²) in [5.41, 5.74) is 10.6. The SMILES string of the molecule is CC.CC.CC.CC.CC(C)C.CC(C)c1ccc2c(c1)OCO2.CC(C)c1cccc2c1CCCC2.CC(C)c1cccc2c1CCOC2.O[n+]1ccccc1. The summed E-state index contributed by atoms with van der Waals surface area (Å²) in [5, 5.41) is 8.55. The fourth-order valence-corrected chi connectivity index (χ4v) is 6.01. The van der Waals surface area contributed by atoms with Crippen LogP contribution in [0.2, 0.25) is 0 Å². The lowest BCUT2D eigenvalue weighted by molar-refractivity contribution is -0.904. The summed E-state index contributed by atoms with van der Waals surface area (Å²) >= 11 is 0. The molecule has 3 heterocycles. The van der Waals surface area contributed by atoms with E-state index in [0.717, 1.165) is 41.8 Å². The van der Waals surface area contributed by atoms with Crippen LogP contribution in [0.25, 0.3) is 0 Å². The molecule has 0 fully saturated rings. The minimum Gasteiger partial charge on any atom is -0.454 e. The summed E-state index contributed by atoms with van der Waals surface area (Å²) in [5.74, 6) is 4.43. The van der Waals surface area contributed by atoms with Crippen molar-refractivity contribution in [2.75, 3.05) is 13.4 Å². The summed E-state index contributed by atoms with van der Waals surface area (Å²) in [4.78, 5) is 0. The van der Waals surface area contributed by atoms with Gasteiger partial charge in [0.2, 0.25) is 19.2 Å². The van der Waals surface area contributed by atoms with Gasteiger partial charge in [-0.25, -0.2) is 0 Å². The molecule has 3 aliphatic rings. The van der Waals surface area contributed by atoms with Crippen molar-refractivity contribution in [1.82, 2.24) is 0 Å². The van der Waals surface area contributed by atoms with Gasteiger partial charge in [0.15, 0.2) is 11.5 Å². The Kier molecular flexibility index (Phi) is 33.2. The van der Waals surface area contributed by atoms with Crippen molar-refractivity contribution in [2.24, 2.45) is 5.92 Å². The highest BCUT2D eigenvalue weighted by Gasteiger charge is 2.16. The minimum absolute atomic E-state index is 0.358. The molecule has 1 N–H and O–H groups in total. The van der Waals surface area contributed by atoms with Gasteiger partial charge in [-0.1, -0.05) is 166 Å². The van der Waals surface area contributed by atoms with Crippen LogP contribution >= 0.6 is 0 Å². The summed E-state index contributed by atoms with van der Waals surface area (Å²) in [6, 6.07) is 24.8. The van der Waals surface area contributed by atoms with Crippen LogP contribution in [0, 0.1) is 5.92 Å². The van der Waals surface area contributed by atoms with Gasteiger partial charge in [0.05, 0.1) is 13.2 Å². The summed E-state index contributed by atoms with van der Waals surface area (Å²) in [6.45, 7) is 38.0. The lowest BCUT2D eigenvalue weighted by Crippen LogP contribution is -2.27. The second-order valence-corrected chi connectivity index (χ2v) is 14.5. The number of ether oxygens (including phenoxy) is 3. The number of fused-ring (bicyclic) bond motifs is 3. The van der Waals surface area contributed by atoms with Crippen LogP contribution in [0.5, 0.6) is 11.5 Å². The molecule has 0 saturated carbocycles. The number of hydrogen-bond donors (Lipinski definition) is 1. The molecule has 0 atom stereocenters. The Bertz CT molecular complexity index is 1460. The number of pyridine rings is 1. The van der Waals surface area contributed by atoms with Crippen molar-refractivity contribution in [2.45, 2.75) is 174 Å². The largest absolute Gasteiger partial charge is 0.454 e. The number of benzene rings is 3. The second kappa shape index (κ2) is 34.2. The van der Waals surface area contributed by atoms with Crippen LogP contribution in [-0.4, -0.2) is 18.6 Å². The monoisotopic (exact) mass is 789 g/mol. The van der Waals surface area contributed by atoms with Gasteiger partial charge in [0.1, 0.15) is 0 Å². The third kappa shape index (κ3) is 22.1. The third-order valence-electron chi connectivity index (χ3n) is 8.50. The first-order chi connectivity index (χ1) is 27.5. The molecule has 0 bridgehead atoms. The number of nitrogens with zero attached hydrogens (tertiary/aromatic N) is 1. The molecule has 0 radical (unpaired) electrons. The highest BCUT2D eigenvalue weighted by Crippen LogP contribution is 2.34. The van der Waals surface area contributed by atoms with Crippen LogP contribution in [0.3, 0.4) is 0 Å². The molecule has 3 aromatic carbocycles. The quantitative estimate of drug-likeness (QED) is 0.166. The van der Waals surface area contributed by atoms with E-state index in [1.165, 1.54) is 47.9 Å². The van der Waals surface area contributed by atoms with Crippen LogP contribution in [-0.2, 0) is 30.6 Å². The highest BCUT2D eigenvalue weighted by atomic mass is 16.7. The highest BCUT2D eigenvalue weighted by molar-refractivity contribution is 5.45. The first kappa shape index (κ1) is 55.3. The zero-order valence-electron chi connectivity index (χ0n) is 39.7. The molecule has 1 aromatic heterocycles. The minimum atomic E-state index is 0.358. The zero-order valence-corrected chi connectivity index (χ0v) is 39.7. The van der Waals surface area contributed by atoms with Crippen molar-refractivity contribution >= 4 is 0 Å². The van der Waals surface area contributed by atoms with E-state index in [0.29, 0.717) is 24.5 Å². The molecule has 57 heavy (non-hydrogen) atoms. The van der Waals surface area contributed by atoms with Crippen molar-refractivity contribution in [3.8, 4) is 11.5 Å². The van der Waals surface area contributed by atoms with Gasteiger partial charge in [-0.05, 0) is 107 Å². The van der Waals surface area contributed by atoms with Gasteiger partial charge in [0.25, 0.3) is 0 Å². The Hall–Kier alpha value is -3.83. The number of aromatic nitrogens is 1. The summed E-state index contributed by atoms with van der Waals surface area (Å²) in [6.07, 6.45) is 9.58. The van der Waals surface area contributed by atoms with Gasteiger partial charge >= 0.3 is 0 Å². The molecule has 322 valence electrons. The van der Waals surface area contributed by atoms with Crippen LogP contribution in [0.15, 0.2) is 85.2 Å². The molecule has 5 nitrogen and oxygen atoms in total. The first-order valence-electron chi connectivity index (χ1n) is 22.3. The third-order valence-corrected chi connectivity index (χ3v) is 8.50. The van der Waals surface area contributed by atoms with Crippen LogP contribution in [0.1, 0.15) is 187 Å². The Balaban J connectivity index is 0. The standard InChI is InChI=1S/C13H18.C12H16O.C10H12O2.C5H6NO.C4H10.4C2H6/c1-10(2)12-9-5-7-11-6-3-4-8-13(11)12;1-9(2)11-5-3-4-10-8-13-7-6-12(10)11;1-7(2)8-3-4-9-10(5-8)12-6-11-9;7-6-4-2-1-3-5-6;1-4(2)3;4*1-2/h5,7,9-10H,3-4,6,8H2,1-2H3;3-5,9H,6-8H2,1-2H3;3-5,7H,6H2,1-2H3;1-5,7H;4H,1-3H3;4*1-2H3/q;;;+1;;;;;. The number of hydrogen-bond acceptors (Lipinski definition) is 4. The van der Waals surface area contributed by atoms with Gasteiger partial charge in [-0.3, -0.25) is 5.21 Å². The molecule has 0 amide bonds. The van der Waals surface area contributed by atoms with E-state index in [1.807, 2.05) is 73.6 Å². The second-order valence-electron chi connectivity index (χ2n) is 14.5. The molecule has 0 spiro atoms. The predicted molar refractivity (Wildman–Crippen MR) is 247 cm³/mol. The fourth-order valence-electron chi connectivity index (χ4n) is 6.01. The lowest BCUT2D eigenvalue weighted by Gasteiger charge is -2.21. The molecular weight excluding hydrogens is 703 g/mol. The average molecular weight is 789 g/mol. The van der Waals surface area contributed by atoms with Crippen molar-refractivity contribution in [1.29, 1.82) is 0 Å². The maximum absolute atomic E-state index is 8.55. The average Bonchev–Trinajstić information content (AvgIpc) is 3.72. The maximum Gasteiger partial charge on any atom is 0.231 e. The Morgan fingerprint density at radius 2 is 1.02 bits per heavy atom. The van der Waals surface area contributed by atoms with E-state index in [9.17, 15) is 0 Å². The van der Waals surface area contributed by atoms with E-state index in [1.54, 1.807) is 41.2 Å². The zero-order chi connectivity index (χ0) is 43.8. The Morgan fingerprint density at radius 3 is 1.51 bits per heavy atom. The lowest BCUT2D eigenvalue weighted by atomic mass is 9.85. The van der Waals surface area contributed by atoms with E-state index in [-0.39, 0.29) is 0 Å². The fraction of sp³-hybridized carbons (Fsp3) is 0.558. The molecule has 4 aromatic rings. The molecule has 1 aliphatic carbocycles. The van der Waals surface area contributed by atoms with Gasteiger partial charge in [0, 0.05) is 16.9 Å². The van der Waals surface area contributed by atoms with Crippen molar-refractivity contribution in [3.05, 3.63) is 124 Å². The molecule has 2 aliphatic heterocycles. The molecule has 0 saturated heterocycles. The molecule has 7 rings (SSSR count). The van der Waals surface area contributed by atoms with Gasteiger partial charge < -0.3 is 14.2 Å². The smallest absolute Gasteiger partial charge is 0.231 e. The van der Waals surface area contributed by atoms with E-state index in [4.69, 9.17) is 19.4 Å². The normalized spacial score (nSPS) is 12.3. The van der Waals surface area contributed by atoms with Crippen molar-refractivity contribution in [3.63, 3.8) is 0 Å². The topological polar surface area (TPSA) is 51.8 Å². The van der Waals surface area contributed by atoms with E-state index < -0.39 is 0 Å². The maximum atomic E-state index is 8.55. The summed E-state index contributed by atoms with van der Waals surface area (Å²) < 4.78 is 16.9. The van der Waals surface area contributed by atoms with Gasteiger partial charge in [-0.15, -0.1) is 0 Å². The Morgan fingerprint density at radius 1 is 0.526 bits per heavy atom. The number of rotatable bonds is 3. The molecule has 0 unspecified atom stereocenters. The predicted octanol–water partition coefficient (Wildman–Crippen LogP) is 15.1. The summed E-state index contributed by atoms with van der Waals surface area (Å²) in [7, 11) is 0. The number of aryl methyl sites for hydroxylation is 1. The van der Waals surface area contributed by atoms with Crippen LogP contribution < -0.4 is 14.2 Å². The first-order valence-corrected chi connectivity index (χ1v) is 22.3. The van der Waals surface area contributed by atoms with Crippen LogP contribution in [0.4, 0.5) is 0 Å².